The zero-order chi connectivity index (χ0) is 61.2. The summed E-state index contributed by atoms with van der Waals surface area (Å²) in [5, 5.41) is 19.2. The third-order valence-electron chi connectivity index (χ3n) is 18.5. The van der Waals surface area contributed by atoms with Crippen molar-refractivity contribution in [2.45, 2.75) is 361 Å². The van der Waals surface area contributed by atoms with Gasteiger partial charge in [0.1, 0.15) is 0 Å². The monoisotopic (exact) mass is 1150 g/mol. The van der Waals surface area contributed by atoms with Crippen molar-refractivity contribution in [3.8, 4) is 0 Å². The molecule has 1 aromatic rings. The fraction of sp³-hybridized carbons (Fsp3) is 0.957. The molecule has 0 amide bonds. The highest BCUT2D eigenvalue weighted by molar-refractivity contribution is 5.47. The maximum absolute atomic E-state index is 5.44. The summed E-state index contributed by atoms with van der Waals surface area (Å²) in [5.41, 5.74) is 1.39. The first-order valence-electron chi connectivity index (χ1n) is 34.5. The molecule has 0 atom stereocenters. The molecule has 5 rings (SSSR count). The topological polar surface area (TPSA) is 115 Å². The summed E-state index contributed by atoms with van der Waals surface area (Å²) in [4.78, 5) is 29.0. The Bertz CT molecular complexity index is 1820. The number of nitrogens with one attached hydrogen (secondary N) is 5. The van der Waals surface area contributed by atoms with Crippen LogP contribution in [0.5, 0.6) is 0 Å². The van der Waals surface area contributed by atoms with Gasteiger partial charge in [0.2, 0.25) is 17.8 Å². The van der Waals surface area contributed by atoms with Gasteiger partial charge >= 0.3 is 0 Å². The molecule has 4 fully saturated rings. The van der Waals surface area contributed by atoms with Gasteiger partial charge in [0.25, 0.3) is 0 Å². The maximum atomic E-state index is 5.44. The third kappa shape index (κ3) is 26.2. The van der Waals surface area contributed by atoms with Gasteiger partial charge in [-0.1, -0.05) is 79.1 Å². The molecule has 0 radical (unpaired) electrons. The van der Waals surface area contributed by atoms with Gasteiger partial charge in [-0.15, -0.1) is 0 Å². The van der Waals surface area contributed by atoms with Crippen LogP contribution in [-0.4, -0.2) is 160 Å². The number of piperidine rings is 4. The van der Waals surface area contributed by atoms with E-state index in [9.17, 15) is 0 Å². The molecule has 0 aliphatic carbocycles. The van der Waals surface area contributed by atoms with Gasteiger partial charge < -0.3 is 51.1 Å². The van der Waals surface area contributed by atoms with Crippen molar-refractivity contribution in [3.05, 3.63) is 0 Å². The first-order valence-corrected chi connectivity index (χ1v) is 34.5. The average molecular weight is 1150 g/mol. The zero-order valence-electron chi connectivity index (χ0n) is 58.5. The number of anilines is 3. The summed E-state index contributed by atoms with van der Waals surface area (Å²) in [7, 11) is 4.69. The van der Waals surface area contributed by atoms with Crippen molar-refractivity contribution in [2.75, 3.05) is 81.2 Å². The lowest BCUT2D eigenvalue weighted by atomic mass is 9.79. The molecule has 1 aromatic heterocycles. The molecule has 13 nitrogen and oxygen atoms in total. The van der Waals surface area contributed by atoms with Crippen LogP contribution in [0, 0.1) is 0 Å². The summed E-state index contributed by atoms with van der Waals surface area (Å²) < 4.78 is 0. The standard InChI is InChI=1S/C44H87N9.C25H52N4/c1-14-18-27-51(28-19-15-2)38-45-39(52(29-20-16-3)30-21-17-4)47-40(46-38)53(37-34-43(9,10)49-44(11,12)35-37)31-25-23-22-24-26-50(13)36-32-41(5,6)48-42(7,8)33-36;1-22(2)16-20(17-23(3,4)27-22)26-14-12-10-11-13-15-29(9)21-18-24(5,6)28-25(7,8)19-21/h36-37,48-49H,14-35H2,1-13H3;20-21,26-28H,10-19H2,1-9H3. The molecule has 5 N–H and O–H groups in total. The number of aromatic nitrogens is 3. The maximum Gasteiger partial charge on any atom is 0.232 e. The second kappa shape index (κ2) is 32.4. The van der Waals surface area contributed by atoms with Crippen molar-refractivity contribution in [1.82, 2.24) is 51.3 Å². The minimum absolute atomic E-state index is 0.0360. The normalized spacial score (nSPS) is 22.2. The quantitative estimate of drug-likeness (QED) is 0.0431. The SMILES string of the molecule is CCCCN(CCCC)c1nc(N(CCCC)CCCC)nc(N(CCCCCCN(C)C2CC(C)(C)NC(C)(C)C2)C2CC(C)(C)NC(C)(C)C2)n1.CN(CCCCCCNC1CC(C)(C)NC(C)(C)C1)C1CC(C)(C)NC(C)(C)C1. The van der Waals surface area contributed by atoms with Crippen molar-refractivity contribution >= 4 is 17.8 Å². The van der Waals surface area contributed by atoms with Gasteiger partial charge in [-0.25, -0.2) is 0 Å². The molecule has 0 spiro atoms. The van der Waals surface area contributed by atoms with Gasteiger partial charge in [0, 0.05) is 101 Å². The van der Waals surface area contributed by atoms with Crippen LogP contribution < -0.4 is 41.3 Å². The largest absolute Gasteiger partial charge is 0.341 e. The van der Waals surface area contributed by atoms with E-state index in [1.807, 2.05) is 0 Å². The van der Waals surface area contributed by atoms with Crippen LogP contribution in [0.4, 0.5) is 17.8 Å². The molecule has 4 saturated heterocycles. The summed E-state index contributed by atoms with van der Waals surface area (Å²) in [6.45, 7) is 55.4. The summed E-state index contributed by atoms with van der Waals surface area (Å²) in [6, 6.07) is 2.36. The Hall–Kier alpha value is -1.87. The molecule has 82 heavy (non-hydrogen) atoms. The van der Waals surface area contributed by atoms with E-state index >= 15 is 0 Å². The van der Waals surface area contributed by atoms with Crippen LogP contribution in [0.3, 0.4) is 0 Å². The van der Waals surface area contributed by atoms with E-state index in [0.717, 1.165) is 95.5 Å². The fourth-order valence-electron chi connectivity index (χ4n) is 15.8. The molecule has 4 aliphatic heterocycles. The second-order valence-electron chi connectivity index (χ2n) is 32.4. The van der Waals surface area contributed by atoms with E-state index in [1.54, 1.807) is 0 Å². The summed E-state index contributed by atoms with van der Waals surface area (Å²) >= 11 is 0. The fourth-order valence-corrected chi connectivity index (χ4v) is 15.8. The Kier molecular flexibility index (Phi) is 28.7. The number of nitrogens with zero attached hydrogens (tertiary/aromatic N) is 8. The van der Waals surface area contributed by atoms with Crippen molar-refractivity contribution in [2.24, 2.45) is 0 Å². The van der Waals surface area contributed by atoms with Gasteiger partial charge in [0.15, 0.2) is 0 Å². The molecular formula is C69H139N13. The Labute approximate surface area is 509 Å². The molecule has 0 aromatic carbocycles. The number of rotatable bonds is 33. The van der Waals surface area contributed by atoms with Crippen LogP contribution >= 0.6 is 0 Å². The van der Waals surface area contributed by atoms with Gasteiger partial charge in [0.05, 0.1) is 0 Å². The van der Waals surface area contributed by atoms with E-state index in [1.165, 1.54) is 129 Å². The lowest BCUT2D eigenvalue weighted by molar-refractivity contribution is 0.0802. The molecule has 480 valence electrons. The minimum Gasteiger partial charge on any atom is -0.341 e. The Morgan fingerprint density at radius 3 is 0.951 bits per heavy atom. The number of hydrogen-bond donors (Lipinski definition) is 5. The molecule has 4 aliphatic rings. The first-order chi connectivity index (χ1) is 38.1. The molecular weight excluding hydrogens is 1010 g/mol. The zero-order valence-corrected chi connectivity index (χ0v) is 58.5. The Balaban J connectivity index is 0.000000419. The lowest BCUT2D eigenvalue weighted by Gasteiger charge is -2.49. The van der Waals surface area contributed by atoms with Crippen LogP contribution in [0.1, 0.15) is 293 Å². The van der Waals surface area contributed by atoms with E-state index in [2.05, 4.69) is 204 Å². The van der Waals surface area contributed by atoms with Crippen LogP contribution in [0.25, 0.3) is 0 Å². The molecule has 5 heterocycles. The average Bonchev–Trinajstić information content (AvgIpc) is 3.34. The second-order valence-corrected chi connectivity index (χ2v) is 32.4. The van der Waals surface area contributed by atoms with E-state index in [0.29, 0.717) is 24.2 Å². The highest BCUT2D eigenvalue weighted by Gasteiger charge is 2.43. The minimum atomic E-state index is 0.0360. The van der Waals surface area contributed by atoms with Crippen molar-refractivity contribution in [3.63, 3.8) is 0 Å². The number of unbranched alkanes of at least 4 members (excludes halogenated alkanes) is 10. The molecule has 0 bridgehead atoms. The smallest absolute Gasteiger partial charge is 0.232 e. The van der Waals surface area contributed by atoms with Gasteiger partial charge in [-0.3, -0.25) is 0 Å². The van der Waals surface area contributed by atoms with E-state index in [4.69, 9.17) is 15.0 Å². The highest BCUT2D eigenvalue weighted by atomic mass is 15.4. The Morgan fingerprint density at radius 2 is 0.622 bits per heavy atom. The first kappa shape index (κ1) is 72.6. The molecule has 13 heteroatoms. The molecule has 0 unspecified atom stereocenters. The van der Waals surface area contributed by atoms with Crippen LogP contribution in [-0.2, 0) is 0 Å². The predicted molar refractivity (Wildman–Crippen MR) is 359 cm³/mol. The van der Waals surface area contributed by atoms with E-state index < -0.39 is 0 Å². The van der Waals surface area contributed by atoms with Crippen molar-refractivity contribution in [1.29, 1.82) is 0 Å². The summed E-state index contributed by atoms with van der Waals surface area (Å²) in [6.07, 6.45) is 29.0. The summed E-state index contributed by atoms with van der Waals surface area (Å²) in [5.74, 6) is 2.67. The predicted octanol–water partition coefficient (Wildman–Crippen LogP) is 14.3. The number of hydrogen-bond acceptors (Lipinski definition) is 13. The lowest BCUT2D eigenvalue weighted by Crippen LogP contribution is -2.62. The van der Waals surface area contributed by atoms with Gasteiger partial charge in [-0.05, 0) is 247 Å². The third-order valence-corrected chi connectivity index (χ3v) is 18.5. The Morgan fingerprint density at radius 1 is 0.341 bits per heavy atom. The van der Waals surface area contributed by atoms with Crippen LogP contribution in [0.2, 0.25) is 0 Å². The van der Waals surface area contributed by atoms with Crippen molar-refractivity contribution < 1.29 is 0 Å². The van der Waals surface area contributed by atoms with E-state index in [-0.39, 0.29) is 44.3 Å². The van der Waals surface area contributed by atoms with Gasteiger partial charge in [-0.2, -0.15) is 15.0 Å². The highest BCUT2D eigenvalue weighted by Crippen LogP contribution is 2.36. The molecule has 0 saturated carbocycles. The van der Waals surface area contributed by atoms with Crippen LogP contribution in [0.15, 0.2) is 0 Å².